The van der Waals surface area contributed by atoms with Crippen LogP contribution in [0.5, 0.6) is 0 Å². The molecule has 3 aromatic carbocycles. The monoisotopic (exact) mass is 666 g/mol. The van der Waals surface area contributed by atoms with Crippen LogP contribution in [0.3, 0.4) is 0 Å². The number of benzene rings is 3. The number of aromatic amines is 1. The zero-order chi connectivity index (χ0) is 33.2. The maximum atomic E-state index is 12.8. The topological polar surface area (TPSA) is 167 Å². The molecule has 0 spiro atoms. The van der Waals surface area contributed by atoms with E-state index in [1.165, 1.54) is 12.3 Å². The number of amides is 1. The van der Waals surface area contributed by atoms with E-state index in [9.17, 15) is 27.9 Å². The Hall–Kier alpha value is -4.39. The van der Waals surface area contributed by atoms with Gasteiger partial charge in [0, 0.05) is 35.4 Å². The second-order valence-corrected chi connectivity index (χ2v) is 14.1. The summed E-state index contributed by atoms with van der Waals surface area (Å²) in [7, 11) is -1.67. The molecule has 5 N–H and O–H groups in total. The number of pyridine rings is 1. The molecule has 0 saturated heterocycles. The molecular formula is C33H35ClN4O7S. The van der Waals surface area contributed by atoms with Crippen LogP contribution < -0.4 is 21.5 Å². The van der Waals surface area contributed by atoms with Crippen molar-refractivity contribution in [2.24, 2.45) is 0 Å². The molecule has 1 fully saturated rings. The standard InChI is InChI=1S/C33H35ClN4O7S/c1-18-12-20(30(32(40)41)37-23-5-10-26-27(14-23)31(39)36-16-28(26)34)4-9-25(18)19(2)17-45-33(42)38-22-6-11-29(21(13-22)15-35-3)46(43,44)24-7-8-24/h4-6,9-14,16,19,24,30,35,37H,7-8,15,17H2,1-3H3,(H,36,39)(H,38,42)(H,40,41)/t19-,30?/m1/s1. The maximum Gasteiger partial charge on any atom is 0.411 e. The number of rotatable bonds is 12. The Labute approximate surface area is 271 Å². The number of anilines is 2. The molecule has 5 rings (SSSR count). The Morgan fingerprint density at radius 3 is 2.48 bits per heavy atom. The Morgan fingerprint density at radius 1 is 1.07 bits per heavy atom. The lowest BCUT2D eigenvalue weighted by atomic mass is 9.93. The first-order valence-corrected chi connectivity index (χ1v) is 16.7. The van der Waals surface area contributed by atoms with Gasteiger partial charge in [0.1, 0.15) is 0 Å². The van der Waals surface area contributed by atoms with Crippen LogP contribution in [-0.2, 0) is 25.9 Å². The number of aryl methyl sites for hydroxylation is 1. The number of halogens is 1. The molecule has 1 saturated carbocycles. The molecule has 46 heavy (non-hydrogen) atoms. The number of sulfone groups is 1. The summed E-state index contributed by atoms with van der Waals surface area (Å²) in [6.45, 7) is 4.13. The van der Waals surface area contributed by atoms with E-state index in [0.29, 0.717) is 57.7 Å². The number of hydrogen-bond acceptors (Lipinski definition) is 8. The van der Waals surface area contributed by atoms with Gasteiger partial charge in [-0.05, 0) is 79.4 Å². The fourth-order valence-corrected chi connectivity index (χ4v) is 7.56. The average molecular weight is 667 g/mol. The number of H-pyrrole nitrogens is 1. The van der Waals surface area contributed by atoms with Crippen LogP contribution in [-0.4, -0.2) is 49.5 Å². The quantitative estimate of drug-likeness (QED) is 0.127. The van der Waals surface area contributed by atoms with Crippen molar-refractivity contribution in [2.45, 2.75) is 55.3 Å². The van der Waals surface area contributed by atoms with Crippen LogP contribution in [0.2, 0.25) is 5.02 Å². The Balaban J connectivity index is 1.24. The highest BCUT2D eigenvalue weighted by molar-refractivity contribution is 7.92. The van der Waals surface area contributed by atoms with Gasteiger partial charge in [0.2, 0.25) is 0 Å². The third-order valence-corrected chi connectivity index (χ3v) is 10.6. The number of fused-ring (bicyclic) bond motifs is 1. The second-order valence-electron chi connectivity index (χ2n) is 11.5. The lowest BCUT2D eigenvalue weighted by Crippen LogP contribution is -2.21. The van der Waals surface area contributed by atoms with Crippen LogP contribution in [0.1, 0.15) is 54.0 Å². The van der Waals surface area contributed by atoms with E-state index in [1.54, 1.807) is 49.5 Å². The van der Waals surface area contributed by atoms with E-state index in [-0.39, 0.29) is 28.2 Å². The minimum atomic E-state index is -3.40. The lowest BCUT2D eigenvalue weighted by molar-refractivity contribution is -0.138. The summed E-state index contributed by atoms with van der Waals surface area (Å²) >= 11 is 6.18. The van der Waals surface area contributed by atoms with Crippen LogP contribution in [0.15, 0.2) is 70.5 Å². The third kappa shape index (κ3) is 7.19. The van der Waals surface area contributed by atoms with Crippen molar-refractivity contribution in [1.82, 2.24) is 10.3 Å². The molecule has 0 aliphatic heterocycles. The molecule has 0 radical (unpaired) electrons. The van der Waals surface area contributed by atoms with Gasteiger partial charge in [-0.2, -0.15) is 0 Å². The number of carboxylic acids is 1. The second kappa shape index (κ2) is 13.5. The Kier molecular flexibility index (Phi) is 9.71. The molecule has 1 amide bonds. The normalized spacial score (nSPS) is 14.4. The zero-order valence-electron chi connectivity index (χ0n) is 25.5. The van der Waals surface area contributed by atoms with Crippen molar-refractivity contribution in [3.63, 3.8) is 0 Å². The average Bonchev–Trinajstić information content (AvgIpc) is 3.87. The van der Waals surface area contributed by atoms with Crippen molar-refractivity contribution in [2.75, 3.05) is 24.3 Å². The summed E-state index contributed by atoms with van der Waals surface area (Å²) in [6, 6.07) is 13.8. The first-order valence-electron chi connectivity index (χ1n) is 14.7. The first-order chi connectivity index (χ1) is 21.9. The molecule has 1 aliphatic carbocycles. The van der Waals surface area contributed by atoms with Crippen LogP contribution in [0.25, 0.3) is 10.8 Å². The van der Waals surface area contributed by atoms with Crippen molar-refractivity contribution in [3.05, 3.63) is 98.4 Å². The van der Waals surface area contributed by atoms with Crippen molar-refractivity contribution in [3.8, 4) is 0 Å². The highest BCUT2D eigenvalue weighted by Crippen LogP contribution is 2.36. The Morgan fingerprint density at radius 2 is 1.80 bits per heavy atom. The highest BCUT2D eigenvalue weighted by atomic mass is 35.5. The molecule has 1 unspecified atom stereocenters. The third-order valence-electron chi connectivity index (χ3n) is 7.98. The zero-order valence-corrected chi connectivity index (χ0v) is 27.1. The van der Waals surface area contributed by atoms with E-state index in [0.717, 1.165) is 11.1 Å². The summed E-state index contributed by atoms with van der Waals surface area (Å²) < 4.78 is 31.1. The Bertz CT molecular complexity index is 1970. The van der Waals surface area contributed by atoms with E-state index in [1.807, 2.05) is 19.9 Å². The van der Waals surface area contributed by atoms with Gasteiger partial charge in [-0.1, -0.05) is 42.8 Å². The maximum absolute atomic E-state index is 12.8. The minimum Gasteiger partial charge on any atom is -0.479 e. The highest BCUT2D eigenvalue weighted by Gasteiger charge is 2.38. The van der Waals surface area contributed by atoms with Crippen molar-refractivity contribution in [1.29, 1.82) is 0 Å². The molecule has 11 nitrogen and oxygen atoms in total. The van der Waals surface area contributed by atoms with E-state index < -0.39 is 27.9 Å². The minimum absolute atomic E-state index is 0.0539. The van der Waals surface area contributed by atoms with Gasteiger partial charge in [0.15, 0.2) is 15.9 Å². The fraction of sp³-hybridized carbons (Fsp3) is 0.303. The fourth-order valence-electron chi connectivity index (χ4n) is 5.47. The van der Waals surface area contributed by atoms with Gasteiger partial charge >= 0.3 is 12.1 Å². The van der Waals surface area contributed by atoms with Gasteiger partial charge in [0.05, 0.1) is 27.2 Å². The van der Waals surface area contributed by atoms with E-state index in [2.05, 4.69) is 20.9 Å². The number of ether oxygens (including phenoxy) is 1. The number of carbonyl (C=O) groups excluding carboxylic acids is 1. The molecule has 0 bridgehead atoms. The summed E-state index contributed by atoms with van der Waals surface area (Å²) in [6.07, 6.45) is 2.05. The summed E-state index contributed by atoms with van der Waals surface area (Å²) in [5.74, 6) is -1.31. The van der Waals surface area contributed by atoms with Gasteiger partial charge in [-0.25, -0.2) is 18.0 Å². The molecular weight excluding hydrogens is 632 g/mol. The van der Waals surface area contributed by atoms with Gasteiger partial charge < -0.3 is 25.5 Å². The predicted octanol–water partition coefficient (Wildman–Crippen LogP) is 5.74. The summed E-state index contributed by atoms with van der Waals surface area (Å²) in [5.41, 5.74) is 3.29. The summed E-state index contributed by atoms with van der Waals surface area (Å²) in [4.78, 5) is 40.0. The van der Waals surface area contributed by atoms with Crippen LogP contribution in [0, 0.1) is 6.92 Å². The number of carbonyl (C=O) groups is 2. The van der Waals surface area contributed by atoms with E-state index >= 15 is 0 Å². The molecule has 1 heterocycles. The molecule has 2 atom stereocenters. The number of carboxylic acid groups (broad SMARTS) is 1. The van der Waals surface area contributed by atoms with Crippen LogP contribution >= 0.6 is 11.6 Å². The number of aliphatic carboxylic acids is 1. The molecule has 4 aromatic rings. The molecule has 1 aliphatic rings. The van der Waals surface area contributed by atoms with Gasteiger partial charge in [-0.3, -0.25) is 10.1 Å². The predicted molar refractivity (Wildman–Crippen MR) is 178 cm³/mol. The molecule has 242 valence electrons. The number of aromatic nitrogens is 1. The lowest BCUT2D eigenvalue weighted by Gasteiger charge is -2.20. The smallest absolute Gasteiger partial charge is 0.411 e. The van der Waals surface area contributed by atoms with E-state index in [4.69, 9.17) is 16.3 Å². The number of hydrogen-bond donors (Lipinski definition) is 5. The SMILES string of the molecule is CNCc1cc(NC(=O)OC[C@@H](C)c2ccc(C(Nc3ccc4c(Cl)c[nH]c(=O)c4c3)C(=O)O)cc2C)ccc1S(=O)(=O)C1CC1. The molecule has 13 heteroatoms. The van der Waals surface area contributed by atoms with Crippen molar-refractivity contribution >= 4 is 55.6 Å². The molecule has 1 aromatic heterocycles. The van der Waals surface area contributed by atoms with Crippen molar-refractivity contribution < 1.29 is 27.9 Å². The first kappa shape index (κ1) is 33.0. The van der Waals surface area contributed by atoms with Gasteiger partial charge in [-0.15, -0.1) is 0 Å². The summed E-state index contributed by atoms with van der Waals surface area (Å²) in [5, 5.41) is 19.6. The largest absolute Gasteiger partial charge is 0.479 e. The van der Waals surface area contributed by atoms with Crippen LogP contribution in [0.4, 0.5) is 16.2 Å². The van der Waals surface area contributed by atoms with Gasteiger partial charge in [0.25, 0.3) is 5.56 Å². The number of nitrogens with one attached hydrogen (secondary N) is 4.